The molecule has 21 heavy (non-hydrogen) atoms. The number of fused-ring (bicyclic) bond motifs is 1. The summed E-state index contributed by atoms with van der Waals surface area (Å²) in [6.07, 6.45) is 0. The third-order valence-corrected chi connectivity index (χ3v) is 3.62. The van der Waals surface area contributed by atoms with Crippen molar-refractivity contribution in [1.29, 1.82) is 0 Å². The zero-order valence-electron chi connectivity index (χ0n) is 11.6. The van der Waals surface area contributed by atoms with Gasteiger partial charge in [0, 0.05) is 22.5 Å². The Labute approximate surface area is 127 Å². The van der Waals surface area contributed by atoms with Crippen LogP contribution in [0.4, 0.5) is 4.39 Å². The molecule has 0 spiro atoms. The van der Waals surface area contributed by atoms with Crippen molar-refractivity contribution in [1.82, 2.24) is 5.32 Å². The van der Waals surface area contributed by atoms with Gasteiger partial charge in [-0.2, -0.15) is 0 Å². The van der Waals surface area contributed by atoms with Gasteiger partial charge in [0.1, 0.15) is 17.2 Å². The maximum atomic E-state index is 13.3. The molecule has 0 saturated carbocycles. The molecule has 2 nitrogen and oxygen atoms in total. The number of furan rings is 1. The van der Waals surface area contributed by atoms with Gasteiger partial charge < -0.3 is 9.73 Å². The van der Waals surface area contributed by atoms with E-state index in [4.69, 9.17) is 16.0 Å². The first kappa shape index (κ1) is 14.1. The second kappa shape index (κ2) is 5.88. The Morgan fingerprint density at radius 3 is 2.81 bits per heavy atom. The molecule has 0 saturated heterocycles. The van der Waals surface area contributed by atoms with E-state index in [0.29, 0.717) is 16.4 Å². The maximum absolute atomic E-state index is 13.3. The van der Waals surface area contributed by atoms with Gasteiger partial charge >= 0.3 is 0 Å². The number of hydrogen-bond donors (Lipinski definition) is 1. The van der Waals surface area contributed by atoms with E-state index in [1.165, 1.54) is 12.1 Å². The lowest BCUT2D eigenvalue weighted by molar-refractivity contribution is 0.618. The molecular weight excluding hydrogens is 289 g/mol. The first-order valence-electron chi connectivity index (χ1n) is 6.86. The minimum Gasteiger partial charge on any atom is -0.456 e. The smallest absolute Gasteiger partial charge is 0.135 e. The van der Waals surface area contributed by atoms with Crippen molar-refractivity contribution in [3.8, 4) is 11.3 Å². The van der Waals surface area contributed by atoms with Crippen LogP contribution in [0.5, 0.6) is 0 Å². The van der Waals surface area contributed by atoms with Crippen LogP contribution in [0.3, 0.4) is 0 Å². The summed E-state index contributed by atoms with van der Waals surface area (Å²) in [5.41, 5.74) is 2.70. The largest absolute Gasteiger partial charge is 0.456 e. The second-order valence-electron chi connectivity index (χ2n) is 4.87. The summed E-state index contributed by atoms with van der Waals surface area (Å²) in [7, 11) is 0. The molecule has 0 radical (unpaired) electrons. The average Bonchev–Trinajstić information content (AvgIpc) is 2.88. The van der Waals surface area contributed by atoms with E-state index in [-0.39, 0.29) is 5.82 Å². The molecule has 4 heteroatoms. The van der Waals surface area contributed by atoms with Crippen molar-refractivity contribution in [3.63, 3.8) is 0 Å². The van der Waals surface area contributed by atoms with E-state index < -0.39 is 0 Å². The molecule has 0 amide bonds. The predicted octanol–water partition coefficient (Wildman–Crippen LogP) is 5.00. The van der Waals surface area contributed by atoms with Gasteiger partial charge in [-0.15, -0.1) is 0 Å². The monoisotopic (exact) mass is 303 g/mol. The SMILES string of the molecule is CCNCc1ccc(Cl)cc1-c1cc2cc(F)ccc2o1. The van der Waals surface area contributed by atoms with Crippen molar-refractivity contribution in [2.24, 2.45) is 0 Å². The first-order valence-corrected chi connectivity index (χ1v) is 7.24. The van der Waals surface area contributed by atoms with Crippen LogP contribution in [0.25, 0.3) is 22.3 Å². The highest BCUT2D eigenvalue weighted by Crippen LogP contribution is 2.32. The van der Waals surface area contributed by atoms with Crippen molar-refractivity contribution in [2.45, 2.75) is 13.5 Å². The zero-order chi connectivity index (χ0) is 14.8. The molecule has 3 rings (SSSR count). The average molecular weight is 304 g/mol. The van der Waals surface area contributed by atoms with Crippen LogP contribution < -0.4 is 5.32 Å². The van der Waals surface area contributed by atoms with E-state index >= 15 is 0 Å². The molecule has 108 valence electrons. The summed E-state index contributed by atoms with van der Waals surface area (Å²) in [5.74, 6) is 0.430. The van der Waals surface area contributed by atoms with Gasteiger partial charge in [0.25, 0.3) is 0 Å². The minimum atomic E-state index is -0.270. The zero-order valence-corrected chi connectivity index (χ0v) is 12.4. The van der Waals surface area contributed by atoms with Gasteiger partial charge in [-0.3, -0.25) is 0 Å². The van der Waals surface area contributed by atoms with Crippen molar-refractivity contribution < 1.29 is 8.81 Å². The summed E-state index contributed by atoms with van der Waals surface area (Å²) < 4.78 is 19.1. The molecule has 3 aromatic rings. The highest BCUT2D eigenvalue weighted by molar-refractivity contribution is 6.30. The Morgan fingerprint density at radius 1 is 1.14 bits per heavy atom. The van der Waals surface area contributed by atoms with E-state index in [2.05, 4.69) is 12.2 Å². The van der Waals surface area contributed by atoms with Crippen LogP contribution in [0, 0.1) is 5.82 Å². The summed E-state index contributed by atoms with van der Waals surface area (Å²) >= 11 is 6.10. The molecule has 0 fully saturated rings. The van der Waals surface area contributed by atoms with E-state index in [0.717, 1.165) is 29.6 Å². The fraction of sp³-hybridized carbons (Fsp3) is 0.176. The number of halogens is 2. The maximum Gasteiger partial charge on any atom is 0.135 e. The molecule has 2 aromatic carbocycles. The summed E-state index contributed by atoms with van der Waals surface area (Å²) in [5, 5.41) is 4.69. The molecule has 0 aliphatic heterocycles. The molecule has 0 unspecified atom stereocenters. The lowest BCUT2D eigenvalue weighted by Gasteiger charge is -2.08. The van der Waals surface area contributed by atoms with Gasteiger partial charge in [0.15, 0.2) is 0 Å². The van der Waals surface area contributed by atoms with Crippen molar-refractivity contribution in [3.05, 3.63) is 58.9 Å². The lowest BCUT2D eigenvalue weighted by atomic mass is 10.0. The molecule has 0 aliphatic rings. The summed E-state index contributed by atoms with van der Waals surface area (Å²) in [6.45, 7) is 3.67. The van der Waals surface area contributed by atoms with E-state index in [9.17, 15) is 4.39 Å². The highest BCUT2D eigenvalue weighted by atomic mass is 35.5. The molecular formula is C17H15ClFNO. The fourth-order valence-electron chi connectivity index (χ4n) is 2.34. The quantitative estimate of drug-likeness (QED) is 0.733. The fourth-order valence-corrected chi connectivity index (χ4v) is 2.51. The Bertz CT molecular complexity index is 782. The Hall–Kier alpha value is -1.84. The van der Waals surface area contributed by atoms with Crippen LogP contribution in [0.15, 0.2) is 46.9 Å². The van der Waals surface area contributed by atoms with Crippen LogP contribution >= 0.6 is 11.6 Å². The Balaban J connectivity index is 2.10. The summed E-state index contributed by atoms with van der Waals surface area (Å²) in [6, 6.07) is 12.1. The molecule has 0 atom stereocenters. The van der Waals surface area contributed by atoms with E-state index in [1.807, 2.05) is 24.3 Å². The Morgan fingerprint density at radius 2 is 2.00 bits per heavy atom. The second-order valence-corrected chi connectivity index (χ2v) is 5.31. The molecule has 0 bridgehead atoms. The van der Waals surface area contributed by atoms with Crippen LogP contribution in [-0.4, -0.2) is 6.54 Å². The number of nitrogens with one attached hydrogen (secondary N) is 1. The molecule has 1 aromatic heterocycles. The topological polar surface area (TPSA) is 25.2 Å². The first-order chi connectivity index (χ1) is 10.2. The third-order valence-electron chi connectivity index (χ3n) is 3.38. The van der Waals surface area contributed by atoms with Crippen LogP contribution in [0.1, 0.15) is 12.5 Å². The number of rotatable bonds is 4. The molecule has 1 heterocycles. The van der Waals surface area contributed by atoms with Gasteiger partial charge in [-0.05, 0) is 48.5 Å². The third kappa shape index (κ3) is 2.94. The predicted molar refractivity (Wildman–Crippen MR) is 84.0 cm³/mol. The lowest BCUT2D eigenvalue weighted by Crippen LogP contribution is -2.12. The van der Waals surface area contributed by atoms with E-state index in [1.54, 1.807) is 6.07 Å². The van der Waals surface area contributed by atoms with Crippen LogP contribution in [0.2, 0.25) is 5.02 Å². The molecule has 1 N–H and O–H groups in total. The Kier molecular flexibility index (Phi) is 3.95. The number of hydrogen-bond acceptors (Lipinski definition) is 2. The van der Waals surface area contributed by atoms with Crippen LogP contribution in [-0.2, 0) is 6.54 Å². The van der Waals surface area contributed by atoms with Gasteiger partial charge in [0.2, 0.25) is 0 Å². The number of benzene rings is 2. The normalized spacial score (nSPS) is 11.2. The summed E-state index contributed by atoms with van der Waals surface area (Å²) in [4.78, 5) is 0. The van der Waals surface area contributed by atoms with Gasteiger partial charge in [-0.25, -0.2) is 4.39 Å². The van der Waals surface area contributed by atoms with Crippen molar-refractivity contribution >= 4 is 22.6 Å². The van der Waals surface area contributed by atoms with Gasteiger partial charge in [0.05, 0.1) is 0 Å². The molecule has 0 aliphatic carbocycles. The van der Waals surface area contributed by atoms with Gasteiger partial charge in [-0.1, -0.05) is 24.6 Å². The highest BCUT2D eigenvalue weighted by Gasteiger charge is 2.11. The van der Waals surface area contributed by atoms with Crippen molar-refractivity contribution in [2.75, 3.05) is 6.54 Å². The standard InChI is InChI=1S/C17H15ClFNO/c1-2-20-10-11-3-4-13(18)9-15(11)17-8-12-7-14(19)5-6-16(12)21-17/h3-9,20H,2,10H2,1H3. The minimum absolute atomic E-state index is 0.270.